The third kappa shape index (κ3) is 2.75. The fraction of sp³-hybridized carbons (Fsp3) is 0.130. The molecule has 6 nitrogen and oxygen atoms in total. The average molecular weight is 416 g/mol. The van der Waals surface area contributed by atoms with Gasteiger partial charge in [-0.2, -0.15) is 5.26 Å². The Hall–Kier alpha value is -3.69. The van der Waals surface area contributed by atoms with Crippen LogP contribution in [-0.4, -0.2) is 14.8 Å². The van der Waals surface area contributed by atoms with E-state index >= 15 is 0 Å². The number of nitrogens with zero attached hydrogens (tertiary/aromatic N) is 3. The molecule has 0 aliphatic carbocycles. The number of aromatic nitrogens is 3. The van der Waals surface area contributed by atoms with E-state index in [0.29, 0.717) is 18.0 Å². The molecule has 2 aromatic carbocycles. The van der Waals surface area contributed by atoms with E-state index in [0.717, 1.165) is 38.3 Å². The van der Waals surface area contributed by atoms with Crippen molar-refractivity contribution in [2.45, 2.75) is 19.4 Å². The quantitative estimate of drug-likeness (QED) is 0.511. The smallest absolute Gasteiger partial charge is 0.244 e. The summed E-state index contributed by atoms with van der Waals surface area (Å²) in [5.74, 6) is 0.135. The van der Waals surface area contributed by atoms with Crippen LogP contribution in [0.25, 0.3) is 10.9 Å². The van der Waals surface area contributed by atoms with Crippen LogP contribution in [0.1, 0.15) is 28.3 Å². The fourth-order valence-electron chi connectivity index (χ4n) is 4.16. The van der Waals surface area contributed by atoms with Gasteiger partial charge < -0.3 is 15.0 Å². The molecule has 30 heavy (non-hydrogen) atoms. The van der Waals surface area contributed by atoms with E-state index in [9.17, 15) is 5.26 Å². The molecular weight excluding hydrogens is 398 g/mol. The molecule has 0 saturated carbocycles. The number of benzene rings is 2. The third-order valence-electron chi connectivity index (χ3n) is 5.56. The zero-order valence-corrected chi connectivity index (χ0v) is 16.9. The molecule has 0 unspecified atom stereocenters. The lowest BCUT2D eigenvalue weighted by Gasteiger charge is -2.23. The van der Waals surface area contributed by atoms with Gasteiger partial charge in [-0.1, -0.05) is 48.0 Å². The van der Waals surface area contributed by atoms with Crippen molar-refractivity contribution in [2.24, 2.45) is 5.73 Å². The number of para-hydroxylation sites is 1. The van der Waals surface area contributed by atoms with Crippen LogP contribution in [0, 0.1) is 18.3 Å². The number of H-pyrrole nitrogens is 1. The molecule has 0 bridgehead atoms. The first kappa shape index (κ1) is 18.3. The summed E-state index contributed by atoms with van der Waals surface area (Å²) >= 11 is 6.41. The first-order valence-electron chi connectivity index (χ1n) is 9.52. The van der Waals surface area contributed by atoms with Crippen molar-refractivity contribution in [2.75, 3.05) is 0 Å². The molecule has 3 N–H and O–H groups in total. The van der Waals surface area contributed by atoms with Gasteiger partial charge in [-0.05, 0) is 30.2 Å². The highest BCUT2D eigenvalue weighted by molar-refractivity contribution is 6.31. The van der Waals surface area contributed by atoms with E-state index in [1.165, 1.54) is 0 Å². The van der Waals surface area contributed by atoms with E-state index in [1.807, 2.05) is 43.3 Å². The second-order valence-electron chi connectivity index (χ2n) is 7.31. The Morgan fingerprint density at radius 2 is 2.00 bits per heavy atom. The number of allylic oxidation sites excluding steroid dienone is 1. The molecule has 7 heteroatoms. The number of hydrogen-bond donors (Lipinski definition) is 2. The van der Waals surface area contributed by atoms with Gasteiger partial charge in [-0.25, -0.2) is 0 Å². The van der Waals surface area contributed by atoms with Gasteiger partial charge in [0, 0.05) is 39.9 Å². The van der Waals surface area contributed by atoms with Gasteiger partial charge in [0.05, 0.1) is 5.92 Å². The molecule has 148 valence electrons. The summed E-state index contributed by atoms with van der Waals surface area (Å²) in [6.07, 6.45) is 2.07. The monoisotopic (exact) mass is 415 g/mol. The molecule has 0 saturated heterocycles. The first-order chi connectivity index (χ1) is 14.6. The van der Waals surface area contributed by atoms with Crippen molar-refractivity contribution in [1.82, 2.24) is 14.8 Å². The minimum absolute atomic E-state index is 0.0874. The normalized spacial score (nSPS) is 15.7. The van der Waals surface area contributed by atoms with Gasteiger partial charge in [0.1, 0.15) is 11.6 Å². The zero-order chi connectivity index (χ0) is 20.8. The van der Waals surface area contributed by atoms with Gasteiger partial charge >= 0.3 is 0 Å². The Morgan fingerprint density at radius 1 is 1.23 bits per heavy atom. The van der Waals surface area contributed by atoms with Crippen molar-refractivity contribution in [3.8, 4) is 11.9 Å². The molecular formula is C23H18ClN5O. The molecule has 0 radical (unpaired) electrons. The molecule has 4 aromatic rings. The Kier molecular flexibility index (Phi) is 4.27. The number of fused-ring (bicyclic) bond motifs is 2. The molecule has 0 amide bonds. The summed E-state index contributed by atoms with van der Waals surface area (Å²) in [6.45, 7) is 2.53. The lowest BCUT2D eigenvalue weighted by molar-refractivity contribution is 0.379. The number of nitrogens with two attached hydrogens (primary N) is 1. The maximum absolute atomic E-state index is 9.87. The predicted octanol–water partition coefficient (Wildman–Crippen LogP) is 4.59. The summed E-state index contributed by atoms with van der Waals surface area (Å²) in [5, 5.41) is 18.8. The van der Waals surface area contributed by atoms with Crippen LogP contribution in [0.4, 0.5) is 0 Å². The number of aromatic amines is 1. The molecule has 3 heterocycles. The summed E-state index contributed by atoms with van der Waals surface area (Å²) in [6, 6.07) is 18.2. The standard InChI is InChI=1S/C23H18ClN5O/c1-13-20-21(16(10-25)22(26)30-23(20)28-27-13)17-12-29(19-9-5-3-7-15(17)19)11-14-6-2-4-8-18(14)24/h2-9,12,21H,11,26H2,1H3,(H,27,28)/t21-/m1/s1. The third-order valence-corrected chi connectivity index (χ3v) is 5.93. The molecule has 1 atom stereocenters. The molecule has 1 aliphatic heterocycles. The minimum Gasteiger partial charge on any atom is -0.420 e. The van der Waals surface area contributed by atoms with Gasteiger partial charge in [0.2, 0.25) is 11.8 Å². The lowest BCUT2D eigenvalue weighted by atomic mass is 9.84. The summed E-state index contributed by atoms with van der Waals surface area (Å²) < 4.78 is 7.76. The Bertz CT molecular complexity index is 1360. The van der Waals surface area contributed by atoms with Gasteiger partial charge in [0.25, 0.3) is 0 Å². The molecule has 2 aromatic heterocycles. The largest absolute Gasteiger partial charge is 0.420 e. The van der Waals surface area contributed by atoms with Crippen LogP contribution >= 0.6 is 11.6 Å². The highest BCUT2D eigenvalue weighted by Crippen LogP contribution is 2.45. The van der Waals surface area contributed by atoms with E-state index in [4.69, 9.17) is 22.1 Å². The van der Waals surface area contributed by atoms with E-state index in [1.54, 1.807) is 0 Å². The molecule has 0 fully saturated rings. The fourth-order valence-corrected chi connectivity index (χ4v) is 4.35. The summed E-state index contributed by atoms with van der Waals surface area (Å²) in [5.41, 5.74) is 11.2. The van der Waals surface area contributed by atoms with Crippen LogP contribution < -0.4 is 10.5 Å². The van der Waals surface area contributed by atoms with E-state index in [2.05, 4.69) is 39.2 Å². The number of rotatable bonds is 3. The van der Waals surface area contributed by atoms with Gasteiger partial charge in [-0.3, -0.25) is 5.10 Å². The average Bonchev–Trinajstić information content (AvgIpc) is 3.29. The van der Waals surface area contributed by atoms with Crippen LogP contribution in [-0.2, 0) is 6.54 Å². The second kappa shape index (κ2) is 6.97. The summed E-state index contributed by atoms with van der Waals surface area (Å²) in [7, 11) is 0. The van der Waals surface area contributed by atoms with Crippen molar-refractivity contribution < 1.29 is 4.74 Å². The molecule has 5 rings (SSSR count). The summed E-state index contributed by atoms with van der Waals surface area (Å²) in [4.78, 5) is 0. The Labute approximate surface area is 178 Å². The number of ether oxygens (including phenoxy) is 1. The van der Waals surface area contributed by atoms with Crippen LogP contribution in [0.5, 0.6) is 5.88 Å². The maximum atomic E-state index is 9.87. The van der Waals surface area contributed by atoms with E-state index in [-0.39, 0.29) is 11.8 Å². The number of aryl methyl sites for hydroxylation is 1. The number of halogens is 1. The maximum Gasteiger partial charge on any atom is 0.244 e. The molecule has 1 aliphatic rings. The van der Waals surface area contributed by atoms with Crippen LogP contribution in [0.3, 0.4) is 0 Å². The SMILES string of the molecule is Cc1[nH]nc2c1[C@@H](c1cn(Cc3ccccc3Cl)c3ccccc13)C(C#N)=C(N)O2. The van der Waals surface area contributed by atoms with E-state index < -0.39 is 0 Å². The lowest BCUT2D eigenvalue weighted by Crippen LogP contribution is -2.21. The topological polar surface area (TPSA) is 92.7 Å². The van der Waals surface area contributed by atoms with Crippen molar-refractivity contribution in [3.63, 3.8) is 0 Å². The number of hydrogen-bond acceptors (Lipinski definition) is 4. The minimum atomic E-state index is -0.366. The Morgan fingerprint density at radius 3 is 2.80 bits per heavy atom. The highest BCUT2D eigenvalue weighted by atomic mass is 35.5. The molecule has 0 spiro atoms. The van der Waals surface area contributed by atoms with Gasteiger partial charge in [0.15, 0.2) is 0 Å². The van der Waals surface area contributed by atoms with Crippen molar-refractivity contribution >= 4 is 22.5 Å². The second-order valence-corrected chi connectivity index (χ2v) is 7.72. The zero-order valence-electron chi connectivity index (χ0n) is 16.2. The Balaban J connectivity index is 1.73. The van der Waals surface area contributed by atoms with Crippen LogP contribution in [0.2, 0.25) is 5.02 Å². The van der Waals surface area contributed by atoms with Crippen molar-refractivity contribution in [1.29, 1.82) is 5.26 Å². The van der Waals surface area contributed by atoms with Crippen molar-refractivity contribution in [3.05, 3.63) is 93.6 Å². The van der Waals surface area contributed by atoms with Gasteiger partial charge in [-0.15, -0.1) is 5.10 Å². The number of nitriles is 1. The number of nitrogens with one attached hydrogen (secondary N) is 1. The first-order valence-corrected chi connectivity index (χ1v) is 9.90. The highest BCUT2D eigenvalue weighted by Gasteiger charge is 2.35. The van der Waals surface area contributed by atoms with Crippen LogP contribution in [0.15, 0.2) is 66.2 Å². The predicted molar refractivity (Wildman–Crippen MR) is 115 cm³/mol.